The number of benzene rings is 2. The molecule has 0 spiro atoms. The number of methoxy groups -OCH3 is 1. The van der Waals surface area contributed by atoms with E-state index < -0.39 is 5.41 Å². The van der Waals surface area contributed by atoms with Crippen LogP contribution in [0.3, 0.4) is 0 Å². The largest absolute Gasteiger partial charge is 0.497 e. The van der Waals surface area contributed by atoms with Gasteiger partial charge in [-0.3, -0.25) is 0 Å². The third-order valence-corrected chi connectivity index (χ3v) is 5.67. The molecular formula is C27H28O. The SMILES string of the molecule is C=CC1=C(C=C)C(c2ccc(C)cc2)(c2ccc(OC)cc2)C(=C/C)/C1=C\C. The van der Waals surface area contributed by atoms with E-state index in [0.29, 0.717) is 0 Å². The van der Waals surface area contributed by atoms with Crippen LogP contribution in [0.25, 0.3) is 0 Å². The highest BCUT2D eigenvalue weighted by Crippen LogP contribution is 2.56. The Morgan fingerprint density at radius 2 is 1.39 bits per heavy atom. The predicted octanol–water partition coefficient (Wildman–Crippen LogP) is 6.86. The lowest BCUT2D eigenvalue weighted by Crippen LogP contribution is -2.29. The summed E-state index contributed by atoms with van der Waals surface area (Å²) in [6, 6.07) is 17.2. The van der Waals surface area contributed by atoms with Crippen molar-refractivity contribution >= 4 is 0 Å². The van der Waals surface area contributed by atoms with Crippen LogP contribution in [0.2, 0.25) is 0 Å². The molecule has 0 amide bonds. The maximum atomic E-state index is 5.40. The molecule has 3 rings (SSSR count). The summed E-state index contributed by atoms with van der Waals surface area (Å²) in [5.41, 5.74) is 8.01. The summed E-state index contributed by atoms with van der Waals surface area (Å²) in [6.45, 7) is 14.6. The highest BCUT2D eigenvalue weighted by molar-refractivity contribution is 5.77. The van der Waals surface area contributed by atoms with E-state index in [2.05, 4.69) is 82.5 Å². The molecule has 0 saturated heterocycles. The first-order valence-corrected chi connectivity index (χ1v) is 9.63. The molecule has 1 nitrogen and oxygen atoms in total. The van der Waals surface area contributed by atoms with Gasteiger partial charge in [-0.05, 0) is 66.3 Å². The summed E-state index contributed by atoms with van der Waals surface area (Å²) in [4.78, 5) is 0. The monoisotopic (exact) mass is 368 g/mol. The molecule has 0 aliphatic heterocycles. The molecule has 1 heteroatoms. The van der Waals surface area contributed by atoms with Crippen molar-refractivity contribution in [2.45, 2.75) is 26.2 Å². The summed E-state index contributed by atoms with van der Waals surface area (Å²) >= 11 is 0. The lowest BCUT2D eigenvalue weighted by atomic mass is 9.66. The van der Waals surface area contributed by atoms with E-state index in [1.165, 1.54) is 27.8 Å². The quantitative estimate of drug-likeness (QED) is 0.560. The summed E-state index contributed by atoms with van der Waals surface area (Å²) in [6.07, 6.45) is 8.34. The van der Waals surface area contributed by atoms with Gasteiger partial charge in [-0.25, -0.2) is 0 Å². The highest BCUT2D eigenvalue weighted by Gasteiger charge is 2.47. The van der Waals surface area contributed by atoms with Crippen LogP contribution in [0.15, 0.2) is 108 Å². The van der Waals surface area contributed by atoms with E-state index in [1.807, 2.05) is 24.3 Å². The molecule has 1 atom stereocenters. The van der Waals surface area contributed by atoms with Crippen LogP contribution < -0.4 is 4.74 Å². The van der Waals surface area contributed by atoms with Crippen molar-refractivity contribution in [1.29, 1.82) is 0 Å². The van der Waals surface area contributed by atoms with Crippen LogP contribution >= 0.6 is 0 Å². The topological polar surface area (TPSA) is 9.23 Å². The van der Waals surface area contributed by atoms with Crippen LogP contribution in [-0.2, 0) is 5.41 Å². The fourth-order valence-corrected chi connectivity index (χ4v) is 4.44. The van der Waals surface area contributed by atoms with Gasteiger partial charge in [-0.15, -0.1) is 0 Å². The highest BCUT2D eigenvalue weighted by atomic mass is 16.5. The second-order valence-corrected chi connectivity index (χ2v) is 6.98. The zero-order valence-corrected chi connectivity index (χ0v) is 17.3. The molecule has 0 bridgehead atoms. The predicted molar refractivity (Wildman–Crippen MR) is 120 cm³/mol. The zero-order valence-electron chi connectivity index (χ0n) is 17.3. The maximum Gasteiger partial charge on any atom is 0.118 e. The van der Waals surface area contributed by atoms with E-state index in [9.17, 15) is 0 Å². The van der Waals surface area contributed by atoms with Crippen molar-refractivity contribution in [3.63, 3.8) is 0 Å². The molecule has 1 aliphatic rings. The van der Waals surface area contributed by atoms with E-state index in [-0.39, 0.29) is 0 Å². The number of rotatable bonds is 5. The average Bonchev–Trinajstić information content (AvgIpc) is 3.03. The molecular weight excluding hydrogens is 340 g/mol. The van der Waals surface area contributed by atoms with Gasteiger partial charge in [0.1, 0.15) is 5.75 Å². The Kier molecular flexibility index (Phi) is 5.56. The van der Waals surface area contributed by atoms with Crippen LogP contribution in [0.5, 0.6) is 5.75 Å². The number of hydrogen-bond acceptors (Lipinski definition) is 1. The van der Waals surface area contributed by atoms with Gasteiger partial charge in [0.05, 0.1) is 12.5 Å². The second kappa shape index (κ2) is 7.90. The van der Waals surface area contributed by atoms with Crippen molar-refractivity contribution in [1.82, 2.24) is 0 Å². The van der Waals surface area contributed by atoms with Gasteiger partial charge in [-0.2, -0.15) is 0 Å². The summed E-state index contributed by atoms with van der Waals surface area (Å²) in [5, 5.41) is 0. The Morgan fingerprint density at radius 1 is 0.821 bits per heavy atom. The molecule has 0 N–H and O–H groups in total. The molecule has 0 heterocycles. The number of ether oxygens (including phenoxy) is 1. The molecule has 28 heavy (non-hydrogen) atoms. The first-order chi connectivity index (χ1) is 13.6. The Labute approximate surface area is 169 Å². The molecule has 2 aromatic carbocycles. The van der Waals surface area contributed by atoms with Crippen LogP contribution in [0.1, 0.15) is 30.5 Å². The molecule has 0 saturated carbocycles. The molecule has 0 fully saturated rings. The minimum absolute atomic E-state index is 0.429. The van der Waals surface area contributed by atoms with Gasteiger partial charge < -0.3 is 4.74 Å². The zero-order chi connectivity index (χ0) is 20.3. The third kappa shape index (κ3) is 2.79. The Balaban J connectivity index is 2.47. The molecule has 1 aliphatic carbocycles. The van der Waals surface area contributed by atoms with E-state index in [0.717, 1.165) is 16.9 Å². The second-order valence-electron chi connectivity index (χ2n) is 6.98. The lowest BCUT2D eigenvalue weighted by molar-refractivity contribution is 0.414. The molecule has 0 aromatic heterocycles. The summed E-state index contributed by atoms with van der Waals surface area (Å²) < 4.78 is 5.40. The van der Waals surface area contributed by atoms with E-state index in [4.69, 9.17) is 4.74 Å². The summed E-state index contributed by atoms with van der Waals surface area (Å²) in [7, 11) is 1.69. The van der Waals surface area contributed by atoms with Crippen LogP contribution in [0.4, 0.5) is 0 Å². The molecule has 142 valence electrons. The van der Waals surface area contributed by atoms with Gasteiger partial charge in [-0.1, -0.05) is 79.4 Å². The van der Waals surface area contributed by atoms with Gasteiger partial charge >= 0.3 is 0 Å². The normalized spacial score (nSPS) is 22.0. The Bertz CT molecular complexity index is 982. The van der Waals surface area contributed by atoms with Gasteiger partial charge in [0, 0.05) is 0 Å². The first kappa shape index (κ1) is 19.7. The van der Waals surface area contributed by atoms with Gasteiger partial charge in [0.15, 0.2) is 0 Å². The van der Waals surface area contributed by atoms with E-state index >= 15 is 0 Å². The Morgan fingerprint density at radius 3 is 1.82 bits per heavy atom. The van der Waals surface area contributed by atoms with E-state index in [1.54, 1.807) is 7.11 Å². The minimum atomic E-state index is -0.429. The number of hydrogen-bond donors (Lipinski definition) is 0. The minimum Gasteiger partial charge on any atom is -0.497 e. The maximum absolute atomic E-state index is 5.40. The average molecular weight is 369 g/mol. The fourth-order valence-electron chi connectivity index (χ4n) is 4.44. The molecule has 0 radical (unpaired) electrons. The van der Waals surface area contributed by atoms with Crippen molar-refractivity contribution < 1.29 is 4.74 Å². The van der Waals surface area contributed by atoms with Crippen molar-refractivity contribution in [3.8, 4) is 5.75 Å². The van der Waals surface area contributed by atoms with Gasteiger partial charge in [0.2, 0.25) is 0 Å². The molecule has 2 aromatic rings. The smallest absolute Gasteiger partial charge is 0.118 e. The number of allylic oxidation sites excluding steroid dienone is 8. The molecule has 1 unspecified atom stereocenters. The number of aryl methyl sites for hydroxylation is 1. The van der Waals surface area contributed by atoms with Gasteiger partial charge in [0.25, 0.3) is 0 Å². The van der Waals surface area contributed by atoms with Crippen molar-refractivity contribution in [3.05, 3.63) is 125 Å². The van der Waals surface area contributed by atoms with Crippen molar-refractivity contribution in [2.75, 3.05) is 7.11 Å². The first-order valence-electron chi connectivity index (χ1n) is 9.63. The van der Waals surface area contributed by atoms with Crippen LogP contribution in [-0.4, -0.2) is 7.11 Å². The van der Waals surface area contributed by atoms with Crippen molar-refractivity contribution in [2.24, 2.45) is 0 Å². The Hall–Kier alpha value is -3.06. The standard InChI is InChI=1S/C27H28O/c1-7-23-24(8-2)26(10-4)27(25(23)9-3,20-13-11-19(5)12-14-20)21-15-17-22(28-6)18-16-21/h7-18H,1,3H2,2,4-6H3/b24-8-,26-10+. The fraction of sp³-hybridized carbons (Fsp3) is 0.185. The van der Waals surface area contributed by atoms with Crippen LogP contribution in [0, 0.1) is 6.92 Å². The third-order valence-electron chi connectivity index (χ3n) is 5.67. The lowest BCUT2D eigenvalue weighted by Gasteiger charge is -2.35. The summed E-state index contributed by atoms with van der Waals surface area (Å²) in [5.74, 6) is 0.849.